The van der Waals surface area contributed by atoms with E-state index in [2.05, 4.69) is 9.98 Å². The van der Waals surface area contributed by atoms with Crippen molar-refractivity contribution in [3.8, 4) is 22.3 Å². The van der Waals surface area contributed by atoms with Crippen LogP contribution in [-0.4, -0.2) is 28.4 Å². The summed E-state index contributed by atoms with van der Waals surface area (Å²) in [6.07, 6.45) is 1.50. The first kappa shape index (κ1) is 20.3. The van der Waals surface area contributed by atoms with Crippen LogP contribution in [0.25, 0.3) is 22.3 Å². The molecule has 6 nitrogen and oxygen atoms in total. The van der Waals surface area contributed by atoms with Gasteiger partial charge in [-0.1, -0.05) is 54.6 Å². The number of carbonyl (C=O) groups excluding carboxylic acids is 1. The number of methoxy groups -OCH3 is 1. The number of rotatable bonds is 3. The van der Waals surface area contributed by atoms with E-state index in [-0.39, 0.29) is 10.4 Å². The van der Waals surface area contributed by atoms with E-state index < -0.39 is 5.91 Å². The Bertz CT molecular complexity index is 1060. The molecule has 3 aromatic rings. The van der Waals surface area contributed by atoms with Crippen molar-refractivity contribution in [1.29, 1.82) is 5.41 Å². The Balaban J connectivity index is 1.94. The van der Waals surface area contributed by atoms with E-state index in [0.717, 1.165) is 39.7 Å². The number of nitrogens with zero attached hydrogens (tertiary/aromatic N) is 2. The molecule has 146 valence electrons. The van der Waals surface area contributed by atoms with Gasteiger partial charge in [0.25, 0.3) is 11.1 Å². The van der Waals surface area contributed by atoms with Crippen LogP contribution in [0.3, 0.4) is 0 Å². The van der Waals surface area contributed by atoms with Gasteiger partial charge in [0.1, 0.15) is 0 Å². The number of amides is 1. The summed E-state index contributed by atoms with van der Waals surface area (Å²) in [7, 11) is 1.35. The van der Waals surface area contributed by atoms with Crippen LogP contribution in [0.5, 0.6) is 0 Å². The van der Waals surface area contributed by atoms with E-state index in [0.29, 0.717) is 5.56 Å². The van der Waals surface area contributed by atoms with Crippen molar-refractivity contribution in [2.24, 2.45) is 10.7 Å². The van der Waals surface area contributed by atoms with Crippen LogP contribution in [0.4, 0.5) is 0 Å². The Kier molecular flexibility index (Phi) is 6.41. The minimum Gasteiger partial charge on any atom is -0.476 e. The molecule has 2 aromatic carbocycles. The first-order valence-electron chi connectivity index (χ1n) is 8.79. The molecule has 0 radical (unpaired) electrons. The van der Waals surface area contributed by atoms with Crippen molar-refractivity contribution in [3.63, 3.8) is 0 Å². The van der Waals surface area contributed by atoms with E-state index in [1.54, 1.807) is 0 Å². The molecule has 0 aliphatic carbocycles. The Morgan fingerprint density at radius 2 is 1.69 bits per heavy atom. The van der Waals surface area contributed by atoms with E-state index in [1.807, 2.05) is 67.6 Å². The molecule has 0 unspecified atom stereocenters. The van der Waals surface area contributed by atoms with Gasteiger partial charge in [-0.2, -0.15) is 4.99 Å². The van der Waals surface area contributed by atoms with Gasteiger partial charge >= 0.3 is 0 Å². The van der Waals surface area contributed by atoms with Crippen LogP contribution >= 0.6 is 11.8 Å². The summed E-state index contributed by atoms with van der Waals surface area (Å²) in [5, 5.41) is 7.27. The van der Waals surface area contributed by atoms with Crippen LogP contribution in [0, 0.1) is 12.3 Å². The molecule has 1 heterocycles. The third kappa shape index (κ3) is 5.08. The van der Waals surface area contributed by atoms with Gasteiger partial charge in [-0.15, -0.1) is 0 Å². The fourth-order valence-electron chi connectivity index (χ4n) is 2.76. The third-order valence-electron chi connectivity index (χ3n) is 4.17. The lowest BCUT2D eigenvalue weighted by atomic mass is 9.97. The van der Waals surface area contributed by atoms with Crippen molar-refractivity contribution >= 4 is 28.1 Å². The molecule has 3 rings (SSSR count). The fraction of sp³-hybridized carbons (Fsp3) is 0.0909. The number of hydrogen-bond donors (Lipinski definition) is 2. The molecule has 0 atom stereocenters. The Hall–Kier alpha value is -3.45. The first-order chi connectivity index (χ1) is 14.0. The maximum absolute atomic E-state index is 12.7. The number of aliphatic imine (C=N–C) groups is 1. The number of amidine groups is 1. The number of ether oxygens (including phenoxy) is 1. The number of pyridine rings is 1. The fourth-order valence-corrected chi connectivity index (χ4v) is 3.16. The molecule has 0 bridgehead atoms. The van der Waals surface area contributed by atoms with Crippen LogP contribution in [0.2, 0.25) is 0 Å². The SMILES string of the molecule is COC(=N)SC(N)=NC(=O)c1cnc(C)cc1-c1ccc(-c2ccccc2)cc1. The zero-order valence-electron chi connectivity index (χ0n) is 16.0. The molecular weight excluding hydrogens is 384 g/mol. The standard InChI is InChI=1S/C22H20N4O2S/c1-14-12-18(17-10-8-16(9-11-17)15-6-4-3-5-7-15)19(13-25-14)20(27)26-21(23)29-22(24)28-2/h3-13,24H,1-2H3,(H2,23,26,27). The van der Waals surface area contributed by atoms with Gasteiger partial charge in [0.2, 0.25) is 0 Å². The number of aryl methyl sites for hydroxylation is 1. The van der Waals surface area contributed by atoms with Crippen molar-refractivity contribution < 1.29 is 9.53 Å². The molecule has 0 saturated carbocycles. The topological polar surface area (TPSA) is 101 Å². The van der Waals surface area contributed by atoms with Crippen molar-refractivity contribution in [2.75, 3.05) is 7.11 Å². The van der Waals surface area contributed by atoms with Crippen LogP contribution in [-0.2, 0) is 4.74 Å². The van der Waals surface area contributed by atoms with Crippen LogP contribution in [0.1, 0.15) is 16.1 Å². The van der Waals surface area contributed by atoms with E-state index >= 15 is 0 Å². The van der Waals surface area contributed by atoms with E-state index in [1.165, 1.54) is 13.3 Å². The van der Waals surface area contributed by atoms with Gasteiger partial charge in [0, 0.05) is 23.7 Å². The molecule has 1 aromatic heterocycles. The summed E-state index contributed by atoms with van der Waals surface area (Å²) in [6, 6.07) is 19.9. The first-order valence-corrected chi connectivity index (χ1v) is 9.61. The Morgan fingerprint density at radius 3 is 2.34 bits per heavy atom. The highest BCUT2D eigenvalue weighted by Crippen LogP contribution is 2.28. The number of hydrogen-bond acceptors (Lipinski definition) is 5. The second kappa shape index (κ2) is 9.16. The highest BCUT2D eigenvalue weighted by atomic mass is 32.2. The normalized spacial score (nSPS) is 11.2. The Labute approximate surface area is 173 Å². The second-order valence-electron chi connectivity index (χ2n) is 6.16. The maximum Gasteiger partial charge on any atom is 0.281 e. The summed E-state index contributed by atoms with van der Waals surface area (Å²) < 4.78 is 4.73. The van der Waals surface area contributed by atoms with Gasteiger partial charge in [-0.25, -0.2) is 0 Å². The monoisotopic (exact) mass is 404 g/mol. The molecule has 0 fully saturated rings. The third-order valence-corrected chi connectivity index (χ3v) is 4.82. The smallest absolute Gasteiger partial charge is 0.281 e. The summed E-state index contributed by atoms with van der Waals surface area (Å²) >= 11 is 0.775. The Morgan fingerprint density at radius 1 is 1.07 bits per heavy atom. The van der Waals surface area contributed by atoms with Crippen LogP contribution < -0.4 is 5.73 Å². The molecule has 29 heavy (non-hydrogen) atoms. The number of nitrogens with two attached hydrogens (primary N) is 1. The number of aromatic nitrogens is 1. The molecule has 0 saturated heterocycles. The van der Waals surface area contributed by atoms with Gasteiger partial charge in [0.15, 0.2) is 5.17 Å². The van der Waals surface area contributed by atoms with E-state index in [4.69, 9.17) is 15.9 Å². The lowest BCUT2D eigenvalue weighted by Crippen LogP contribution is -2.14. The summed E-state index contributed by atoms with van der Waals surface area (Å²) in [4.78, 5) is 20.8. The largest absolute Gasteiger partial charge is 0.476 e. The highest BCUT2D eigenvalue weighted by molar-refractivity contribution is 8.26. The molecule has 1 amide bonds. The minimum absolute atomic E-state index is 0.0622. The molecule has 0 aliphatic heterocycles. The van der Waals surface area contributed by atoms with Crippen molar-refractivity contribution in [3.05, 3.63) is 78.1 Å². The lowest BCUT2D eigenvalue weighted by Gasteiger charge is -2.10. The second-order valence-corrected chi connectivity index (χ2v) is 7.16. The number of carbonyl (C=O) groups is 1. The molecular formula is C22H20N4O2S. The molecule has 3 N–H and O–H groups in total. The average Bonchev–Trinajstić information content (AvgIpc) is 2.74. The zero-order chi connectivity index (χ0) is 20.8. The van der Waals surface area contributed by atoms with Crippen LogP contribution in [0.15, 0.2) is 71.9 Å². The summed E-state index contributed by atoms with van der Waals surface area (Å²) in [5.74, 6) is -0.520. The predicted octanol–water partition coefficient (Wildman–Crippen LogP) is 4.49. The maximum atomic E-state index is 12.7. The number of nitrogens with one attached hydrogen (secondary N) is 1. The van der Waals surface area contributed by atoms with E-state index in [9.17, 15) is 4.79 Å². The highest BCUT2D eigenvalue weighted by Gasteiger charge is 2.15. The zero-order valence-corrected chi connectivity index (χ0v) is 16.9. The molecule has 0 aliphatic rings. The quantitative estimate of drug-likeness (QED) is 0.495. The number of thioether (sulfide) groups is 1. The summed E-state index contributed by atoms with van der Waals surface area (Å²) in [6.45, 7) is 1.86. The molecule has 0 spiro atoms. The van der Waals surface area contributed by atoms with Gasteiger partial charge in [-0.05, 0) is 35.2 Å². The van der Waals surface area contributed by atoms with Crippen molar-refractivity contribution in [1.82, 2.24) is 4.98 Å². The number of benzene rings is 2. The van der Waals surface area contributed by atoms with Gasteiger partial charge in [0.05, 0.1) is 12.7 Å². The van der Waals surface area contributed by atoms with Crippen molar-refractivity contribution in [2.45, 2.75) is 6.92 Å². The average molecular weight is 404 g/mol. The minimum atomic E-state index is -0.520. The molecule has 7 heteroatoms. The van der Waals surface area contributed by atoms with Gasteiger partial charge < -0.3 is 10.5 Å². The lowest BCUT2D eigenvalue weighted by molar-refractivity contribution is 0.100. The van der Waals surface area contributed by atoms with Gasteiger partial charge in [-0.3, -0.25) is 15.2 Å². The summed E-state index contributed by atoms with van der Waals surface area (Å²) in [5.41, 5.74) is 10.7. The predicted molar refractivity (Wildman–Crippen MR) is 118 cm³/mol.